The highest BCUT2D eigenvalue weighted by Gasteiger charge is 2.25. The molecular weight excluding hydrogens is 268 g/mol. The topological polar surface area (TPSA) is 54.7 Å². The standard InChI is InChI=1S/C16H18N2O3/c19-15-12-5-1-3-11-4-2-6-18(13(11)12)16(20)14(15)17-7-9-21-10-8-17/h1,3,5,19H,2,4,6-10H2. The van der Waals surface area contributed by atoms with Crippen LogP contribution in [0.5, 0.6) is 5.75 Å². The second kappa shape index (κ2) is 4.77. The first-order valence-corrected chi connectivity index (χ1v) is 7.47. The van der Waals surface area contributed by atoms with E-state index in [2.05, 4.69) is 0 Å². The molecule has 2 aliphatic heterocycles. The summed E-state index contributed by atoms with van der Waals surface area (Å²) >= 11 is 0. The zero-order chi connectivity index (χ0) is 14.4. The maximum absolute atomic E-state index is 12.8. The molecule has 0 spiro atoms. The summed E-state index contributed by atoms with van der Waals surface area (Å²) in [5, 5.41) is 11.4. The van der Waals surface area contributed by atoms with Crippen molar-refractivity contribution in [2.45, 2.75) is 19.4 Å². The van der Waals surface area contributed by atoms with Crippen LogP contribution in [0.4, 0.5) is 5.69 Å². The Morgan fingerprint density at radius 3 is 2.76 bits per heavy atom. The van der Waals surface area contributed by atoms with Crippen LogP contribution in [0.1, 0.15) is 12.0 Å². The normalized spacial score (nSPS) is 18.2. The number of hydrogen-bond acceptors (Lipinski definition) is 4. The van der Waals surface area contributed by atoms with Crippen LogP contribution in [-0.4, -0.2) is 36.0 Å². The number of morpholine rings is 1. The van der Waals surface area contributed by atoms with Gasteiger partial charge in [0.2, 0.25) is 0 Å². The number of aromatic hydroxyl groups is 1. The highest BCUT2D eigenvalue weighted by Crippen LogP contribution is 2.35. The fourth-order valence-electron chi connectivity index (χ4n) is 3.47. The lowest BCUT2D eigenvalue weighted by Gasteiger charge is -2.30. The third-order valence-electron chi connectivity index (χ3n) is 4.47. The molecule has 21 heavy (non-hydrogen) atoms. The number of para-hydroxylation sites is 1. The Labute approximate surface area is 122 Å². The Kier molecular flexibility index (Phi) is 2.89. The van der Waals surface area contributed by atoms with Crippen molar-refractivity contribution in [3.63, 3.8) is 0 Å². The van der Waals surface area contributed by atoms with E-state index in [4.69, 9.17) is 4.74 Å². The van der Waals surface area contributed by atoms with Crippen LogP contribution in [0.25, 0.3) is 10.9 Å². The van der Waals surface area contributed by atoms with Crippen LogP contribution in [0.3, 0.4) is 0 Å². The van der Waals surface area contributed by atoms with Crippen molar-refractivity contribution in [1.82, 2.24) is 4.57 Å². The number of rotatable bonds is 1. The van der Waals surface area contributed by atoms with E-state index in [0.717, 1.165) is 35.9 Å². The number of aryl methyl sites for hydroxylation is 2. The summed E-state index contributed by atoms with van der Waals surface area (Å²) in [6.07, 6.45) is 1.94. The molecule has 0 amide bonds. The van der Waals surface area contributed by atoms with Crippen LogP contribution < -0.4 is 10.5 Å². The molecule has 0 aliphatic carbocycles. The first-order valence-electron chi connectivity index (χ1n) is 7.47. The Balaban J connectivity index is 2.02. The molecule has 3 heterocycles. The monoisotopic (exact) mass is 286 g/mol. The van der Waals surface area contributed by atoms with Crippen molar-refractivity contribution in [2.24, 2.45) is 0 Å². The summed E-state index contributed by atoms with van der Waals surface area (Å²) in [6, 6.07) is 5.91. The van der Waals surface area contributed by atoms with E-state index in [1.807, 2.05) is 27.7 Å². The van der Waals surface area contributed by atoms with Gasteiger partial charge in [0.1, 0.15) is 5.69 Å². The van der Waals surface area contributed by atoms with E-state index in [1.54, 1.807) is 0 Å². The predicted octanol–water partition coefficient (Wildman–Crippen LogP) is 1.49. The van der Waals surface area contributed by atoms with Gasteiger partial charge in [-0.05, 0) is 24.5 Å². The number of aromatic nitrogens is 1. The molecular formula is C16H18N2O3. The number of anilines is 1. The van der Waals surface area contributed by atoms with Gasteiger partial charge in [0, 0.05) is 25.0 Å². The minimum atomic E-state index is -0.0750. The summed E-state index contributed by atoms with van der Waals surface area (Å²) in [4.78, 5) is 14.8. The van der Waals surface area contributed by atoms with E-state index in [1.165, 1.54) is 0 Å². The number of pyridine rings is 1. The second-order valence-corrected chi connectivity index (χ2v) is 5.67. The van der Waals surface area contributed by atoms with Gasteiger partial charge in [-0.1, -0.05) is 12.1 Å². The van der Waals surface area contributed by atoms with Gasteiger partial charge in [0.05, 0.1) is 18.7 Å². The van der Waals surface area contributed by atoms with Gasteiger partial charge in [-0.3, -0.25) is 4.79 Å². The minimum Gasteiger partial charge on any atom is -0.505 e. The lowest BCUT2D eigenvalue weighted by molar-refractivity contribution is 0.122. The summed E-state index contributed by atoms with van der Waals surface area (Å²) in [6.45, 7) is 3.21. The van der Waals surface area contributed by atoms with Crippen molar-refractivity contribution in [2.75, 3.05) is 31.2 Å². The smallest absolute Gasteiger partial charge is 0.278 e. The van der Waals surface area contributed by atoms with E-state index in [-0.39, 0.29) is 11.3 Å². The zero-order valence-corrected chi connectivity index (χ0v) is 11.8. The molecule has 1 saturated heterocycles. The molecule has 0 unspecified atom stereocenters. The molecule has 1 aromatic carbocycles. The average Bonchev–Trinajstić information content (AvgIpc) is 2.54. The highest BCUT2D eigenvalue weighted by atomic mass is 16.5. The molecule has 2 aromatic rings. The summed E-state index contributed by atoms with van der Waals surface area (Å²) in [5.74, 6) is 0.122. The Hall–Kier alpha value is -2.01. The SMILES string of the molecule is O=c1c(N2CCOCC2)c(O)c2cccc3c2n1CCC3. The van der Waals surface area contributed by atoms with Gasteiger partial charge in [-0.2, -0.15) is 0 Å². The number of nitrogens with zero attached hydrogens (tertiary/aromatic N) is 2. The predicted molar refractivity (Wildman–Crippen MR) is 81.2 cm³/mol. The Morgan fingerprint density at radius 1 is 1.14 bits per heavy atom. The quantitative estimate of drug-likeness (QED) is 0.863. The van der Waals surface area contributed by atoms with E-state index in [0.29, 0.717) is 32.0 Å². The van der Waals surface area contributed by atoms with Gasteiger partial charge < -0.3 is 19.3 Å². The van der Waals surface area contributed by atoms with Gasteiger partial charge in [0.25, 0.3) is 5.56 Å². The Bertz CT molecular complexity index is 760. The van der Waals surface area contributed by atoms with Gasteiger partial charge in [-0.15, -0.1) is 0 Å². The van der Waals surface area contributed by atoms with Crippen LogP contribution in [0.15, 0.2) is 23.0 Å². The number of hydrogen-bond donors (Lipinski definition) is 1. The van der Waals surface area contributed by atoms with Crippen LogP contribution in [0, 0.1) is 0 Å². The second-order valence-electron chi connectivity index (χ2n) is 5.67. The van der Waals surface area contributed by atoms with E-state index >= 15 is 0 Å². The molecule has 2 aliphatic rings. The van der Waals surface area contributed by atoms with Crippen LogP contribution in [0.2, 0.25) is 0 Å². The molecule has 1 N–H and O–H groups in total. The zero-order valence-electron chi connectivity index (χ0n) is 11.8. The van der Waals surface area contributed by atoms with Crippen molar-refractivity contribution in [3.05, 3.63) is 34.1 Å². The molecule has 0 atom stereocenters. The van der Waals surface area contributed by atoms with Crippen molar-refractivity contribution >= 4 is 16.6 Å². The maximum atomic E-state index is 12.8. The van der Waals surface area contributed by atoms with Gasteiger partial charge in [-0.25, -0.2) is 0 Å². The average molecular weight is 286 g/mol. The first kappa shape index (κ1) is 12.7. The van der Waals surface area contributed by atoms with Gasteiger partial charge >= 0.3 is 0 Å². The minimum absolute atomic E-state index is 0.0750. The molecule has 0 bridgehead atoms. The van der Waals surface area contributed by atoms with Crippen molar-refractivity contribution in [1.29, 1.82) is 0 Å². The summed E-state index contributed by atoms with van der Waals surface area (Å²) < 4.78 is 7.18. The largest absolute Gasteiger partial charge is 0.505 e. The maximum Gasteiger partial charge on any atom is 0.278 e. The molecule has 1 fully saturated rings. The van der Waals surface area contributed by atoms with Crippen molar-refractivity contribution < 1.29 is 9.84 Å². The molecule has 0 saturated carbocycles. The molecule has 0 radical (unpaired) electrons. The summed E-state index contributed by atoms with van der Waals surface area (Å²) in [7, 11) is 0. The third-order valence-corrected chi connectivity index (χ3v) is 4.47. The highest BCUT2D eigenvalue weighted by molar-refractivity contribution is 5.92. The molecule has 5 heteroatoms. The number of benzene rings is 1. The van der Waals surface area contributed by atoms with Gasteiger partial charge in [0.15, 0.2) is 5.75 Å². The molecule has 1 aromatic heterocycles. The third kappa shape index (κ3) is 1.84. The number of ether oxygens (including phenoxy) is 1. The first-order chi connectivity index (χ1) is 10.3. The van der Waals surface area contributed by atoms with E-state index in [9.17, 15) is 9.90 Å². The fraction of sp³-hybridized carbons (Fsp3) is 0.438. The lowest BCUT2D eigenvalue weighted by Crippen LogP contribution is -2.41. The van der Waals surface area contributed by atoms with Crippen molar-refractivity contribution in [3.8, 4) is 5.75 Å². The molecule has 5 nitrogen and oxygen atoms in total. The molecule has 110 valence electrons. The van der Waals surface area contributed by atoms with E-state index < -0.39 is 0 Å². The summed E-state index contributed by atoms with van der Waals surface area (Å²) in [5.41, 5.74) is 2.42. The Morgan fingerprint density at radius 2 is 1.95 bits per heavy atom. The molecule has 4 rings (SSSR count). The fourth-order valence-corrected chi connectivity index (χ4v) is 3.47. The lowest BCUT2D eigenvalue weighted by atomic mass is 10.00. The van der Waals surface area contributed by atoms with Crippen LogP contribution >= 0.6 is 0 Å². The van der Waals surface area contributed by atoms with Crippen LogP contribution in [-0.2, 0) is 17.7 Å².